The van der Waals surface area contributed by atoms with Gasteiger partial charge in [-0.25, -0.2) is 0 Å². The van der Waals surface area contributed by atoms with Crippen molar-refractivity contribution in [2.45, 2.75) is 52.2 Å². The van der Waals surface area contributed by atoms with Crippen molar-refractivity contribution in [1.82, 2.24) is 0 Å². The standard InChI is InChI=1S/C15H22O4/c1-8-4-5-11(16)9(2)7-13-14(12(17)6-8)10(3)15(18)19-13/h4,9-10,12-14,17H,5-7H2,1-3H3/b8-4-/t9-,10+,12-,13+,14+/m0/s1. The molecule has 1 aliphatic carbocycles. The number of hydrogen-bond acceptors (Lipinski definition) is 4. The second-order valence-electron chi connectivity index (χ2n) is 5.97. The van der Waals surface area contributed by atoms with Crippen molar-refractivity contribution in [2.75, 3.05) is 0 Å². The van der Waals surface area contributed by atoms with Gasteiger partial charge in [0.15, 0.2) is 0 Å². The van der Waals surface area contributed by atoms with Gasteiger partial charge in [-0.1, -0.05) is 25.5 Å². The second-order valence-corrected chi connectivity index (χ2v) is 5.97. The Morgan fingerprint density at radius 1 is 1.32 bits per heavy atom. The maximum absolute atomic E-state index is 12.0. The molecule has 2 rings (SSSR count). The van der Waals surface area contributed by atoms with Gasteiger partial charge in [0.05, 0.1) is 12.0 Å². The van der Waals surface area contributed by atoms with Crippen LogP contribution in [0.2, 0.25) is 0 Å². The fraction of sp³-hybridized carbons (Fsp3) is 0.733. The van der Waals surface area contributed by atoms with Crippen LogP contribution in [-0.4, -0.2) is 29.1 Å². The third-order valence-corrected chi connectivity index (χ3v) is 4.41. The molecule has 0 radical (unpaired) electrons. The molecule has 0 spiro atoms. The van der Waals surface area contributed by atoms with E-state index in [1.807, 2.05) is 19.9 Å². The fourth-order valence-corrected chi connectivity index (χ4v) is 3.11. The predicted octanol–water partition coefficient (Wildman–Crippen LogP) is 1.86. The van der Waals surface area contributed by atoms with E-state index in [9.17, 15) is 14.7 Å². The summed E-state index contributed by atoms with van der Waals surface area (Å²) in [5.74, 6) is -0.724. The molecule has 0 unspecified atom stereocenters. The highest BCUT2D eigenvalue weighted by atomic mass is 16.6. The molecule has 0 bridgehead atoms. The van der Waals surface area contributed by atoms with Crippen molar-refractivity contribution in [3.63, 3.8) is 0 Å². The molecule has 19 heavy (non-hydrogen) atoms. The van der Waals surface area contributed by atoms with Gasteiger partial charge in [0, 0.05) is 18.3 Å². The molecular formula is C15H22O4. The first-order valence-electron chi connectivity index (χ1n) is 6.97. The van der Waals surface area contributed by atoms with Crippen molar-refractivity contribution in [2.24, 2.45) is 17.8 Å². The lowest BCUT2D eigenvalue weighted by Crippen LogP contribution is -2.34. The normalized spacial score (nSPS) is 43.2. The molecule has 1 heterocycles. The number of rotatable bonds is 0. The topological polar surface area (TPSA) is 63.6 Å². The number of ether oxygens (including phenoxy) is 1. The number of Topliss-reactive ketones (excluding diaryl/α,β-unsaturated/α-hetero) is 1. The molecule has 1 aliphatic heterocycles. The van der Waals surface area contributed by atoms with Crippen LogP contribution < -0.4 is 0 Å². The summed E-state index contributed by atoms with van der Waals surface area (Å²) in [5, 5.41) is 10.4. The number of fused-ring (bicyclic) bond motifs is 1. The lowest BCUT2D eigenvalue weighted by molar-refractivity contribution is -0.145. The van der Waals surface area contributed by atoms with Crippen molar-refractivity contribution in [3.05, 3.63) is 11.6 Å². The van der Waals surface area contributed by atoms with Crippen LogP contribution >= 0.6 is 0 Å². The minimum absolute atomic E-state index is 0.139. The number of allylic oxidation sites excluding steroid dienone is 1. The van der Waals surface area contributed by atoms with E-state index in [1.165, 1.54) is 0 Å². The Hall–Kier alpha value is -1.16. The summed E-state index contributed by atoms with van der Waals surface area (Å²) in [6.45, 7) is 5.58. The van der Waals surface area contributed by atoms with Crippen LogP contribution in [0.1, 0.15) is 40.0 Å². The smallest absolute Gasteiger partial charge is 0.309 e. The van der Waals surface area contributed by atoms with Gasteiger partial charge in [0.1, 0.15) is 11.9 Å². The van der Waals surface area contributed by atoms with Gasteiger partial charge < -0.3 is 9.84 Å². The molecule has 1 N–H and O–H groups in total. The first-order valence-corrected chi connectivity index (χ1v) is 6.97. The number of ketones is 1. The molecular weight excluding hydrogens is 244 g/mol. The first-order chi connectivity index (χ1) is 8.90. The van der Waals surface area contributed by atoms with Crippen LogP contribution in [0.25, 0.3) is 0 Å². The number of carbonyl (C=O) groups excluding carboxylic acids is 2. The Morgan fingerprint density at radius 3 is 2.68 bits per heavy atom. The second kappa shape index (κ2) is 5.45. The molecule has 1 fully saturated rings. The van der Waals surface area contributed by atoms with Crippen molar-refractivity contribution >= 4 is 11.8 Å². The highest BCUT2D eigenvalue weighted by molar-refractivity contribution is 5.82. The molecule has 0 amide bonds. The van der Waals surface area contributed by atoms with Gasteiger partial charge in [-0.3, -0.25) is 9.59 Å². The minimum Gasteiger partial charge on any atom is -0.462 e. The summed E-state index contributed by atoms with van der Waals surface area (Å²) in [6.07, 6.45) is 2.41. The van der Waals surface area contributed by atoms with E-state index in [0.717, 1.165) is 5.57 Å². The van der Waals surface area contributed by atoms with Gasteiger partial charge in [0.2, 0.25) is 0 Å². The maximum Gasteiger partial charge on any atom is 0.309 e. The van der Waals surface area contributed by atoms with E-state index >= 15 is 0 Å². The quantitative estimate of drug-likeness (QED) is 0.537. The largest absolute Gasteiger partial charge is 0.462 e. The molecule has 1 saturated heterocycles. The molecule has 2 aliphatic rings. The van der Waals surface area contributed by atoms with Gasteiger partial charge in [0.25, 0.3) is 0 Å². The molecule has 0 aromatic heterocycles. The number of esters is 1. The maximum atomic E-state index is 12.0. The van der Waals surface area contributed by atoms with Crippen LogP contribution in [0.15, 0.2) is 11.6 Å². The van der Waals surface area contributed by atoms with Gasteiger partial charge in [-0.05, 0) is 19.8 Å². The van der Waals surface area contributed by atoms with Gasteiger partial charge in [-0.2, -0.15) is 0 Å². The Bertz CT molecular complexity index is 412. The van der Waals surface area contributed by atoms with Gasteiger partial charge in [-0.15, -0.1) is 0 Å². The third-order valence-electron chi connectivity index (χ3n) is 4.41. The summed E-state index contributed by atoms with van der Waals surface area (Å²) in [5.41, 5.74) is 1.00. The number of hydrogen-bond donors (Lipinski definition) is 1. The number of aliphatic hydroxyl groups is 1. The van der Waals surface area contributed by atoms with E-state index in [-0.39, 0.29) is 35.6 Å². The summed E-state index contributed by atoms with van der Waals surface area (Å²) < 4.78 is 5.36. The Balaban J connectivity index is 2.28. The van der Waals surface area contributed by atoms with E-state index in [0.29, 0.717) is 19.3 Å². The Labute approximate surface area is 113 Å². The molecule has 4 heteroatoms. The van der Waals surface area contributed by atoms with E-state index < -0.39 is 6.10 Å². The van der Waals surface area contributed by atoms with E-state index in [1.54, 1.807) is 6.92 Å². The van der Waals surface area contributed by atoms with Crippen molar-refractivity contribution in [1.29, 1.82) is 0 Å². The molecule has 5 atom stereocenters. The monoisotopic (exact) mass is 266 g/mol. The highest BCUT2D eigenvalue weighted by Crippen LogP contribution is 2.37. The Kier molecular flexibility index (Phi) is 4.09. The van der Waals surface area contributed by atoms with Crippen molar-refractivity contribution < 1.29 is 19.4 Å². The molecule has 106 valence electrons. The average Bonchev–Trinajstić information content (AvgIpc) is 2.60. The predicted molar refractivity (Wildman–Crippen MR) is 70.3 cm³/mol. The summed E-state index contributed by atoms with van der Waals surface area (Å²) in [6, 6.07) is 0. The van der Waals surface area contributed by atoms with Crippen molar-refractivity contribution in [3.8, 4) is 0 Å². The van der Waals surface area contributed by atoms with Gasteiger partial charge >= 0.3 is 5.97 Å². The van der Waals surface area contributed by atoms with E-state index in [2.05, 4.69) is 0 Å². The molecule has 0 aromatic rings. The van der Waals surface area contributed by atoms with Crippen LogP contribution in [-0.2, 0) is 14.3 Å². The zero-order chi connectivity index (χ0) is 14.2. The average molecular weight is 266 g/mol. The lowest BCUT2D eigenvalue weighted by Gasteiger charge is -2.27. The van der Waals surface area contributed by atoms with Crippen LogP contribution in [0, 0.1) is 17.8 Å². The zero-order valence-electron chi connectivity index (χ0n) is 11.8. The Morgan fingerprint density at radius 2 is 2.00 bits per heavy atom. The molecule has 0 saturated carbocycles. The van der Waals surface area contributed by atoms with E-state index in [4.69, 9.17) is 4.74 Å². The van der Waals surface area contributed by atoms with Crippen LogP contribution in [0.5, 0.6) is 0 Å². The lowest BCUT2D eigenvalue weighted by atomic mass is 9.79. The fourth-order valence-electron chi connectivity index (χ4n) is 3.11. The summed E-state index contributed by atoms with van der Waals surface area (Å²) in [7, 11) is 0. The molecule has 0 aromatic carbocycles. The first kappa shape index (κ1) is 14.3. The zero-order valence-corrected chi connectivity index (χ0v) is 11.8. The number of carbonyl (C=O) groups is 2. The third kappa shape index (κ3) is 2.89. The highest BCUT2D eigenvalue weighted by Gasteiger charge is 2.46. The minimum atomic E-state index is -0.580. The molecule has 4 nitrogen and oxygen atoms in total. The van der Waals surface area contributed by atoms with Crippen LogP contribution in [0.4, 0.5) is 0 Å². The summed E-state index contributed by atoms with van der Waals surface area (Å²) >= 11 is 0. The number of aliphatic hydroxyl groups excluding tert-OH is 1. The SMILES string of the molecule is C/C1=C/CC(=O)[C@@H](C)C[C@H]2OC(=O)[C@H](C)[C@@H]2[C@@H](O)C1. The summed E-state index contributed by atoms with van der Waals surface area (Å²) in [4.78, 5) is 23.7. The van der Waals surface area contributed by atoms with Crippen LogP contribution in [0.3, 0.4) is 0 Å².